The number of hydrogen-bond donors (Lipinski definition) is 0. The molecule has 1 aliphatic heterocycles. The fraction of sp³-hybridized carbons (Fsp3) is 0.615. The van der Waals surface area contributed by atoms with E-state index in [-0.39, 0.29) is 5.56 Å². The molecule has 1 aliphatic rings. The van der Waals surface area contributed by atoms with Crippen molar-refractivity contribution in [3.05, 3.63) is 22.1 Å². The van der Waals surface area contributed by atoms with Gasteiger partial charge in [0.1, 0.15) is 0 Å². The maximum Gasteiger partial charge on any atom is 0.275 e. The maximum atomic E-state index is 12.0. The number of anilines is 1. The molecule has 0 aromatic carbocycles. The minimum absolute atomic E-state index is 0.0665. The summed E-state index contributed by atoms with van der Waals surface area (Å²) in [6.45, 7) is 6.39. The lowest BCUT2D eigenvalue weighted by Crippen LogP contribution is -2.20. The average molecular weight is 278 g/mol. The van der Waals surface area contributed by atoms with Gasteiger partial charge in [0.25, 0.3) is 5.56 Å². The number of rotatable bonds is 3. The highest BCUT2D eigenvalue weighted by molar-refractivity contribution is 7.20. The van der Waals surface area contributed by atoms with Crippen LogP contribution in [-0.2, 0) is 6.42 Å². The number of aromatic nitrogens is 3. The van der Waals surface area contributed by atoms with Crippen LogP contribution in [0.3, 0.4) is 0 Å². The molecule has 102 valence electrons. The Kier molecular flexibility index (Phi) is 3.26. The summed E-state index contributed by atoms with van der Waals surface area (Å²) >= 11 is 1.52. The first-order valence-corrected chi connectivity index (χ1v) is 7.63. The van der Waals surface area contributed by atoms with Crippen LogP contribution in [0.25, 0.3) is 4.96 Å². The Labute approximate surface area is 115 Å². The first-order chi connectivity index (χ1) is 9.17. The molecule has 0 saturated carbocycles. The van der Waals surface area contributed by atoms with Gasteiger partial charge >= 0.3 is 0 Å². The van der Waals surface area contributed by atoms with E-state index >= 15 is 0 Å². The van der Waals surface area contributed by atoms with Gasteiger partial charge in [-0.3, -0.25) is 4.79 Å². The van der Waals surface area contributed by atoms with Crippen molar-refractivity contribution in [2.75, 3.05) is 18.0 Å². The van der Waals surface area contributed by atoms with E-state index in [0.717, 1.165) is 36.8 Å². The lowest BCUT2D eigenvalue weighted by Gasteiger charge is -2.12. The van der Waals surface area contributed by atoms with Crippen LogP contribution >= 0.6 is 11.3 Å². The Morgan fingerprint density at radius 3 is 3.05 bits per heavy atom. The summed E-state index contributed by atoms with van der Waals surface area (Å²) in [5.41, 5.74) is 0.806. The van der Waals surface area contributed by atoms with Crippen molar-refractivity contribution in [2.24, 2.45) is 5.92 Å². The van der Waals surface area contributed by atoms with E-state index in [9.17, 15) is 4.79 Å². The summed E-state index contributed by atoms with van der Waals surface area (Å²) < 4.78 is 1.43. The van der Waals surface area contributed by atoms with Crippen molar-refractivity contribution < 1.29 is 0 Å². The van der Waals surface area contributed by atoms with Crippen molar-refractivity contribution in [2.45, 2.75) is 33.1 Å². The Balaban J connectivity index is 2.00. The third-order valence-electron chi connectivity index (χ3n) is 3.49. The average Bonchev–Trinajstić information content (AvgIpc) is 2.95. The fourth-order valence-electron chi connectivity index (χ4n) is 2.47. The molecule has 1 fully saturated rings. The summed E-state index contributed by atoms with van der Waals surface area (Å²) in [6, 6.07) is 1.60. The number of fused-ring (bicyclic) bond motifs is 1. The summed E-state index contributed by atoms with van der Waals surface area (Å²) in [7, 11) is 0. The Morgan fingerprint density at radius 1 is 1.53 bits per heavy atom. The highest BCUT2D eigenvalue weighted by atomic mass is 32.1. The second-order valence-electron chi connectivity index (χ2n) is 5.25. The summed E-state index contributed by atoms with van der Waals surface area (Å²) in [5.74, 6) is 0.701. The number of aryl methyl sites for hydroxylation is 1. The quantitative estimate of drug-likeness (QED) is 0.861. The zero-order chi connectivity index (χ0) is 13.4. The van der Waals surface area contributed by atoms with Crippen LogP contribution in [0.5, 0.6) is 0 Å². The number of hydrogen-bond acceptors (Lipinski definition) is 5. The van der Waals surface area contributed by atoms with Crippen LogP contribution in [0, 0.1) is 5.92 Å². The lowest BCUT2D eigenvalue weighted by atomic mass is 10.2. The topological polar surface area (TPSA) is 50.5 Å². The third kappa shape index (κ3) is 2.36. The van der Waals surface area contributed by atoms with E-state index in [1.54, 1.807) is 6.07 Å². The van der Waals surface area contributed by atoms with Gasteiger partial charge in [-0.05, 0) is 18.8 Å². The smallest absolute Gasteiger partial charge is 0.275 e. The van der Waals surface area contributed by atoms with Gasteiger partial charge in [-0.1, -0.05) is 31.6 Å². The van der Waals surface area contributed by atoms with Gasteiger partial charge in [-0.15, -0.1) is 5.10 Å². The van der Waals surface area contributed by atoms with E-state index in [2.05, 4.69) is 28.8 Å². The van der Waals surface area contributed by atoms with E-state index in [4.69, 9.17) is 0 Å². The fourth-order valence-corrected chi connectivity index (χ4v) is 3.43. The molecular formula is C13H18N4OS. The SMILES string of the molecule is CCCc1cc(=O)n2nc(N3CCC(C)C3)sc2n1. The normalized spacial score (nSPS) is 19.5. The minimum atomic E-state index is -0.0665. The van der Waals surface area contributed by atoms with Gasteiger partial charge < -0.3 is 4.90 Å². The molecule has 0 N–H and O–H groups in total. The first kappa shape index (κ1) is 12.6. The van der Waals surface area contributed by atoms with Crippen LogP contribution in [0.4, 0.5) is 5.13 Å². The second kappa shape index (κ2) is 4.92. The Bertz CT molecular complexity index is 648. The predicted molar refractivity (Wildman–Crippen MR) is 77.1 cm³/mol. The molecule has 6 heteroatoms. The second-order valence-corrected chi connectivity index (χ2v) is 6.19. The molecule has 0 amide bonds. The molecule has 0 radical (unpaired) electrons. The molecule has 5 nitrogen and oxygen atoms in total. The van der Waals surface area contributed by atoms with Gasteiger partial charge in [0.2, 0.25) is 10.1 Å². The van der Waals surface area contributed by atoms with Crippen LogP contribution < -0.4 is 10.5 Å². The van der Waals surface area contributed by atoms with Crippen LogP contribution in [0.2, 0.25) is 0 Å². The van der Waals surface area contributed by atoms with Crippen LogP contribution in [0.1, 0.15) is 32.4 Å². The van der Waals surface area contributed by atoms with E-state index in [1.807, 2.05) is 0 Å². The predicted octanol–water partition coefficient (Wildman–Crippen LogP) is 1.95. The highest BCUT2D eigenvalue weighted by Gasteiger charge is 2.22. The molecule has 3 heterocycles. The molecule has 19 heavy (non-hydrogen) atoms. The van der Waals surface area contributed by atoms with Crippen LogP contribution in [-0.4, -0.2) is 27.7 Å². The first-order valence-electron chi connectivity index (χ1n) is 6.82. The zero-order valence-corrected chi connectivity index (χ0v) is 12.1. The van der Waals surface area contributed by atoms with Gasteiger partial charge in [0, 0.05) is 24.8 Å². The van der Waals surface area contributed by atoms with Crippen molar-refractivity contribution in [3.63, 3.8) is 0 Å². The van der Waals surface area contributed by atoms with Crippen LogP contribution in [0.15, 0.2) is 10.9 Å². The molecule has 0 bridgehead atoms. The Hall–Kier alpha value is -1.43. The molecule has 2 aromatic heterocycles. The molecule has 1 atom stereocenters. The minimum Gasteiger partial charge on any atom is -0.346 e. The van der Waals surface area contributed by atoms with E-state index in [0.29, 0.717) is 10.9 Å². The largest absolute Gasteiger partial charge is 0.346 e. The Morgan fingerprint density at radius 2 is 2.37 bits per heavy atom. The van der Waals surface area contributed by atoms with Gasteiger partial charge in [0.05, 0.1) is 0 Å². The lowest BCUT2D eigenvalue weighted by molar-refractivity contribution is 0.659. The van der Waals surface area contributed by atoms with Crippen molar-refractivity contribution in [1.82, 2.24) is 14.6 Å². The summed E-state index contributed by atoms with van der Waals surface area (Å²) in [5, 5.41) is 5.34. The van der Waals surface area contributed by atoms with Crippen molar-refractivity contribution in [1.29, 1.82) is 0 Å². The van der Waals surface area contributed by atoms with E-state index in [1.165, 1.54) is 22.3 Å². The van der Waals surface area contributed by atoms with Gasteiger partial charge in [-0.2, -0.15) is 4.52 Å². The molecule has 1 saturated heterocycles. The van der Waals surface area contributed by atoms with Crippen molar-refractivity contribution in [3.8, 4) is 0 Å². The summed E-state index contributed by atoms with van der Waals surface area (Å²) in [4.78, 5) is 19.5. The molecule has 3 rings (SSSR count). The van der Waals surface area contributed by atoms with Gasteiger partial charge in [0.15, 0.2) is 0 Å². The number of nitrogens with zero attached hydrogens (tertiary/aromatic N) is 4. The maximum absolute atomic E-state index is 12.0. The monoisotopic (exact) mass is 278 g/mol. The van der Waals surface area contributed by atoms with Crippen molar-refractivity contribution >= 4 is 21.4 Å². The van der Waals surface area contributed by atoms with E-state index < -0.39 is 0 Å². The molecule has 0 spiro atoms. The molecule has 1 unspecified atom stereocenters. The van der Waals surface area contributed by atoms with Gasteiger partial charge in [-0.25, -0.2) is 4.98 Å². The molecule has 2 aromatic rings. The highest BCUT2D eigenvalue weighted by Crippen LogP contribution is 2.27. The third-order valence-corrected chi connectivity index (χ3v) is 4.46. The standard InChI is InChI=1S/C13H18N4OS/c1-3-4-10-7-11(18)17-12(14-10)19-13(15-17)16-6-5-9(2)8-16/h7,9H,3-6,8H2,1-2H3. The molecule has 0 aliphatic carbocycles. The molecular weight excluding hydrogens is 260 g/mol. The zero-order valence-electron chi connectivity index (χ0n) is 11.3. The summed E-state index contributed by atoms with van der Waals surface area (Å²) in [6.07, 6.45) is 3.04.